The Morgan fingerprint density at radius 2 is 2.30 bits per heavy atom. The van der Waals surface area contributed by atoms with Crippen LogP contribution in [-0.2, 0) is 11.2 Å². The molecule has 3 N–H and O–H groups in total. The lowest BCUT2D eigenvalue weighted by molar-refractivity contribution is 0.108. The first-order valence-corrected chi connectivity index (χ1v) is 7.86. The number of nitrogens with two attached hydrogens (primary N) is 1. The van der Waals surface area contributed by atoms with Gasteiger partial charge in [-0.15, -0.1) is 11.3 Å². The Morgan fingerprint density at radius 3 is 3.00 bits per heavy atom. The van der Waals surface area contributed by atoms with Gasteiger partial charge < -0.3 is 15.8 Å². The number of thiophene rings is 1. The summed E-state index contributed by atoms with van der Waals surface area (Å²) in [6.07, 6.45) is 4.59. The van der Waals surface area contributed by atoms with Gasteiger partial charge in [-0.2, -0.15) is 4.98 Å². The quantitative estimate of drug-likeness (QED) is 0.906. The first-order valence-electron chi connectivity index (χ1n) is 7.04. The second-order valence-electron chi connectivity index (χ2n) is 5.23. The highest BCUT2D eigenvalue weighted by atomic mass is 32.1. The molecule has 1 aliphatic rings. The molecule has 0 aromatic carbocycles. The van der Waals surface area contributed by atoms with Crippen LogP contribution >= 0.6 is 11.3 Å². The van der Waals surface area contributed by atoms with Crippen molar-refractivity contribution in [2.75, 3.05) is 18.2 Å². The smallest absolute Gasteiger partial charge is 0.223 e. The predicted molar refractivity (Wildman–Crippen MR) is 83.3 cm³/mol. The molecule has 5 nitrogen and oxygen atoms in total. The number of fused-ring (bicyclic) bond motifs is 1. The lowest BCUT2D eigenvalue weighted by Gasteiger charge is -2.14. The molecule has 1 fully saturated rings. The Balaban J connectivity index is 1.88. The molecule has 0 saturated heterocycles. The molecular formula is C14H20N4OS. The number of ether oxygens (including phenoxy) is 1. The fraction of sp³-hybridized carbons (Fsp3) is 0.571. The van der Waals surface area contributed by atoms with Crippen LogP contribution in [0.4, 0.5) is 11.8 Å². The summed E-state index contributed by atoms with van der Waals surface area (Å²) in [4.78, 5) is 11.0. The Kier molecular flexibility index (Phi) is 3.76. The second-order valence-corrected chi connectivity index (χ2v) is 6.34. The van der Waals surface area contributed by atoms with Crippen molar-refractivity contribution in [1.82, 2.24) is 9.97 Å². The molecule has 2 aromatic rings. The van der Waals surface area contributed by atoms with E-state index in [2.05, 4.69) is 28.3 Å². The molecule has 3 rings (SSSR count). The van der Waals surface area contributed by atoms with Crippen LogP contribution in [0.15, 0.2) is 6.07 Å². The molecule has 1 aliphatic carbocycles. The zero-order valence-corrected chi connectivity index (χ0v) is 12.7. The highest BCUT2D eigenvalue weighted by molar-refractivity contribution is 7.18. The SMILES string of the molecule is CCc1cc2c(NC3CCC(OC)C3)nc(N)nc2s1. The minimum atomic E-state index is 0.339. The van der Waals surface area contributed by atoms with E-state index < -0.39 is 0 Å². The molecule has 2 heterocycles. The van der Waals surface area contributed by atoms with E-state index in [0.29, 0.717) is 18.1 Å². The van der Waals surface area contributed by atoms with E-state index in [1.165, 1.54) is 4.88 Å². The molecule has 6 heteroatoms. The normalized spacial score (nSPS) is 22.5. The van der Waals surface area contributed by atoms with Crippen LogP contribution in [0.5, 0.6) is 0 Å². The van der Waals surface area contributed by atoms with Crippen LogP contribution in [0.25, 0.3) is 10.2 Å². The van der Waals surface area contributed by atoms with Gasteiger partial charge in [0.2, 0.25) is 5.95 Å². The molecule has 1 saturated carbocycles. The highest BCUT2D eigenvalue weighted by Gasteiger charge is 2.25. The first-order chi connectivity index (χ1) is 9.69. The zero-order chi connectivity index (χ0) is 14.1. The lowest BCUT2D eigenvalue weighted by Crippen LogP contribution is -2.18. The number of aryl methyl sites for hydroxylation is 1. The van der Waals surface area contributed by atoms with Crippen molar-refractivity contribution in [3.63, 3.8) is 0 Å². The van der Waals surface area contributed by atoms with Crippen LogP contribution in [0.2, 0.25) is 0 Å². The zero-order valence-electron chi connectivity index (χ0n) is 11.8. The molecular weight excluding hydrogens is 272 g/mol. The molecule has 108 valence electrons. The summed E-state index contributed by atoms with van der Waals surface area (Å²) in [5, 5.41) is 4.61. The average molecular weight is 292 g/mol. The van der Waals surface area contributed by atoms with Crippen LogP contribution in [-0.4, -0.2) is 29.2 Å². The Labute approximate surface area is 122 Å². The van der Waals surface area contributed by atoms with E-state index in [0.717, 1.165) is 41.7 Å². The largest absolute Gasteiger partial charge is 0.381 e. The maximum absolute atomic E-state index is 5.82. The molecule has 0 amide bonds. The lowest BCUT2D eigenvalue weighted by atomic mass is 10.2. The maximum Gasteiger partial charge on any atom is 0.223 e. The van der Waals surface area contributed by atoms with Gasteiger partial charge >= 0.3 is 0 Å². The fourth-order valence-corrected chi connectivity index (χ4v) is 3.72. The fourth-order valence-electron chi connectivity index (χ4n) is 2.75. The predicted octanol–water partition coefficient (Wildman–Crippen LogP) is 2.82. The number of hydrogen-bond acceptors (Lipinski definition) is 6. The molecule has 0 spiro atoms. The molecule has 0 aliphatic heterocycles. The Hall–Kier alpha value is -1.40. The summed E-state index contributed by atoms with van der Waals surface area (Å²) < 4.78 is 5.42. The third-order valence-corrected chi connectivity index (χ3v) is 5.04. The molecule has 0 bridgehead atoms. The van der Waals surface area contributed by atoms with E-state index in [9.17, 15) is 0 Å². The topological polar surface area (TPSA) is 73.1 Å². The third-order valence-electron chi connectivity index (χ3n) is 3.87. The van der Waals surface area contributed by atoms with E-state index >= 15 is 0 Å². The van der Waals surface area contributed by atoms with Gasteiger partial charge in [-0.1, -0.05) is 6.92 Å². The van der Waals surface area contributed by atoms with Gasteiger partial charge in [0.05, 0.1) is 11.5 Å². The van der Waals surface area contributed by atoms with Gasteiger partial charge in [-0.3, -0.25) is 0 Å². The van der Waals surface area contributed by atoms with Crippen molar-refractivity contribution in [1.29, 1.82) is 0 Å². The van der Waals surface area contributed by atoms with Crippen molar-refractivity contribution >= 4 is 33.3 Å². The summed E-state index contributed by atoms with van der Waals surface area (Å²) >= 11 is 1.69. The molecule has 2 unspecified atom stereocenters. The number of nitrogens with zero attached hydrogens (tertiary/aromatic N) is 2. The molecule has 20 heavy (non-hydrogen) atoms. The van der Waals surface area contributed by atoms with Crippen molar-refractivity contribution in [2.45, 2.75) is 44.8 Å². The van der Waals surface area contributed by atoms with Crippen LogP contribution in [0, 0.1) is 0 Å². The second kappa shape index (κ2) is 5.54. The standard InChI is InChI=1S/C14H20N4OS/c1-3-10-7-11-12(17-14(15)18-13(11)20-10)16-8-4-5-9(6-8)19-2/h7-9H,3-6H2,1-2H3,(H3,15,16,17,18). The highest BCUT2D eigenvalue weighted by Crippen LogP contribution is 2.32. The van der Waals surface area contributed by atoms with Crippen LogP contribution in [0.1, 0.15) is 31.1 Å². The van der Waals surface area contributed by atoms with Gasteiger partial charge in [-0.05, 0) is 31.7 Å². The van der Waals surface area contributed by atoms with Crippen LogP contribution < -0.4 is 11.1 Å². The van der Waals surface area contributed by atoms with Crippen molar-refractivity contribution < 1.29 is 4.74 Å². The van der Waals surface area contributed by atoms with E-state index in [1.54, 1.807) is 18.4 Å². The summed E-state index contributed by atoms with van der Waals surface area (Å²) in [6, 6.07) is 2.58. The average Bonchev–Trinajstić information content (AvgIpc) is 3.04. The number of anilines is 2. The van der Waals surface area contributed by atoms with E-state index in [-0.39, 0.29) is 0 Å². The van der Waals surface area contributed by atoms with Gasteiger partial charge in [-0.25, -0.2) is 4.98 Å². The number of nitrogen functional groups attached to an aromatic ring is 1. The summed E-state index contributed by atoms with van der Waals surface area (Å²) in [5.41, 5.74) is 5.82. The van der Waals surface area contributed by atoms with Gasteiger partial charge in [0.15, 0.2) is 0 Å². The van der Waals surface area contributed by atoms with Gasteiger partial charge in [0.25, 0.3) is 0 Å². The van der Waals surface area contributed by atoms with Crippen LogP contribution in [0.3, 0.4) is 0 Å². The minimum absolute atomic E-state index is 0.339. The number of rotatable bonds is 4. The maximum atomic E-state index is 5.82. The van der Waals surface area contributed by atoms with E-state index in [1.807, 2.05) is 0 Å². The van der Waals surface area contributed by atoms with E-state index in [4.69, 9.17) is 10.5 Å². The van der Waals surface area contributed by atoms with Crippen molar-refractivity contribution in [2.24, 2.45) is 0 Å². The third kappa shape index (κ3) is 2.58. The molecule has 2 aromatic heterocycles. The first kappa shape index (κ1) is 13.6. The summed E-state index contributed by atoms with van der Waals surface area (Å²) in [6.45, 7) is 2.15. The van der Waals surface area contributed by atoms with Gasteiger partial charge in [0.1, 0.15) is 10.6 Å². The van der Waals surface area contributed by atoms with Gasteiger partial charge in [0, 0.05) is 18.0 Å². The Morgan fingerprint density at radius 1 is 1.45 bits per heavy atom. The van der Waals surface area contributed by atoms with Crippen molar-refractivity contribution in [3.05, 3.63) is 10.9 Å². The summed E-state index contributed by atoms with van der Waals surface area (Å²) in [5.74, 6) is 1.20. The minimum Gasteiger partial charge on any atom is -0.381 e. The summed E-state index contributed by atoms with van der Waals surface area (Å²) in [7, 11) is 1.78. The molecule has 0 radical (unpaired) electrons. The number of methoxy groups -OCH3 is 1. The molecule has 2 atom stereocenters. The monoisotopic (exact) mass is 292 g/mol. The number of aromatic nitrogens is 2. The Bertz CT molecular complexity index is 612. The van der Waals surface area contributed by atoms with Crippen molar-refractivity contribution in [3.8, 4) is 0 Å². The number of nitrogens with one attached hydrogen (secondary N) is 1. The number of hydrogen-bond donors (Lipinski definition) is 2.